The van der Waals surface area contributed by atoms with E-state index >= 15 is 0 Å². The lowest BCUT2D eigenvalue weighted by molar-refractivity contribution is 0.372. The zero-order valence-electron chi connectivity index (χ0n) is 14.5. The summed E-state index contributed by atoms with van der Waals surface area (Å²) in [5.41, 5.74) is 9.39. The van der Waals surface area contributed by atoms with Gasteiger partial charge in [0, 0.05) is 15.9 Å². The second-order valence-electron chi connectivity index (χ2n) is 8.25. The van der Waals surface area contributed by atoms with Gasteiger partial charge in [-0.15, -0.1) is 0 Å². The number of hydrogen-bond acceptors (Lipinski definition) is 0. The maximum Gasteiger partial charge on any atom is 0.0412 e. The Hall–Kier alpha value is -1.53. The predicted octanol–water partition coefficient (Wildman–Crippen LogP) is 6.76. The summed E-state index contributed by atoms with van der Waals surface area (Å²) in [4.78, 5) is 0. The summed E-state index contributed by atoms with van der Waals surface area (Å²) >= 11 is 6.42. The molecule has 0 N–H and O–H groups in total. The maximum absolute atomic E-state index is 6.42. The Labute approximate surface area is 149 Å². The molecule has 0 aliphatic heterocycles. The lowest BCUT2D eigenvalue weighted by Crippen LogP contribution is -2.28. The van der Waals surface area contributed by atoms with Crippen molar-refractivity contribution in [1.82, 2.24) is 0 Å². The van der Waals surface area contributed by atoms with Crippen molar-refractivity contribution in [2.24, 2.45) is 0 Å². The smallest absolute Gasteiger partial charge is 0.0412 e. The van der Waals surface area contributed by atoms with Crippen LogP contribution in [-0.4, -0.2) is 0 Å². The summed E-state index contributed by atoms with van der Waals surface area (Å²) < 4.78 is 0. The molecule has 5 rings (SSSR count). The molecule has 0 saturated heterocycles. The highest BCUT2D eigenvalue weighted by Crippen LogP contribution is 2.66. The summed E-state index contributed by atoms with van der Waals surface area (Å²) in [5, 5.41) is 0.861. The average molecular weight is 335 g/mol. The molecule has 0 aromatic heterocycles. The standard InChI is InChI=1S/C23H23Cl/c1-22(2)18-11-10-15(24)14-17(18)21-20(22)16-8-4-5-9-19(16)23(21)12-6-3-7-13-23/h4-5,8-11,14H,3,6-7,12-13H2,1-2H3. The molecule has 0 heterocycles. The zero-order valence-corrected chi connectivity index (χ0v) is 15.2. The first kappa shape index (κ1) is 14.8. The fourth-order valence-electron chi connectivity index (χ4n) is 5.75. The lowest BCUT2D eigenvalue weighted by atomic mass is 9.65. The van der Waals surface area contributed by atoms with Crippen LogP contribution in [0.5, 0.6) is 0 Å². The van der Waals surface area contributed by atoms with Gasteiger partial charge in [-0.05, 0) is 58.4 Å². The molecule has 1 saturated carbocycles. The summed E-state index contributed by atoms with van der Waals surface area (Å²) in [6, 6.07) is 15.7. The number of hydrogen-bond donors (Lipinski definition) is 0. The number of benzene rings is 2. The molecule has 0 bridgehead atoms. The molecular formula is C23H23Cl. The van der Waals surface area contributed by atoms with Crippen LogP contribution in [0.25, 0.3) is 11.1 Å². The van der Waals surface area contributed by atoms with Crippen LogP contribution in [0.2, 0.25) is 5.02 Å². The third-order valence-electron chi connectivity index (χ3n) is 6.70. The van der Waals surface area contributed by atoms with Crippen molar-refractivity contribution >= 4 is 22.7 Å². The van der Waals surface area contributed by atoms with E-state index in [1.807, 2.05) is 0 Å². The Bertz CT molecular complexity index is 879. The van der Waals surface area contributed by atoms with E-state index in [2.05, 4.69) is 56.3 Å². The predicted molar refractivity (Wildman–Crippen MR) is 102 cm³/mol. The van der Waals surface area contributed by atoms with Crippen LogP contribution in [0, 0.1) is 0 Å². The molecule has 0 unspecified atom stereocenters. The molecule has 24 heavy (non-hydrogen) atoms. The van der Waals surface area contributed by atoms with Gasteiger partial charge in [-0.1, -0.05) is 75.0 Å². The fraction of sp³-hybridized carbons (Fsp3) is 0.391. The van der Waals surface area contributed by atoms with Crippen LogP contribution in [0.15, 0.2) is 42.5 Å². The minimum atomic E-state index is 0.0618. The minimum absolute atomic E-state index is 0.0618. The van der Waals surface area contributed by atoms with Gasteiger partial charge >= 0.3 is 0 Å². The first-order valence-electron chi connectivity index (χ1n) is 9.21. The van der Waals surface area contributed by atoms with E-state index < -0.39 is 0 Å². The van der Waals surface area contributed by atoms with Crippen LogP contribution in [-0.2, 0) is 10.8 Å². The summed E-state index contributed by atoms with van der Waals surface area (Å²) in [6.45, 7) is 4.78. The van der Waals surface area contributed by atoms with E-state index in [1.165, 1.54) is 48.8 Å². The van der Waals surface area contributed by atoms with Gasteiger partial charge in [-0.3, -0.25) is 0 Å². The minimum Gasteiger partial charge on any atom is -0.0843 e. The molecule has 3 aliphatic rings. The molecule has 1 spiro atoms. The molecule has 0 atom stereocenters. The van der Waals surface area contributed by atoms with Crippen molar-refractivity contribution in [3.8, 4) is 0 Å². The first-order chi connectivity index (χ1) is 11.6. The Balaban J connectivity index is 1.87. The second-order valence-corrected chi connectivity index (χ2v) is 8.69. The zero-order chi connectivity index (χ0) is 16.5. The molecule has 2 aromatic rings. The SMILES string of the molecule is CC1(C)C2=C(c3cc(Cl)ccc31)C1(CCCCC1)c1ccccc12. The number of fused-ring (bicyclic) bond motifs is 6. The monoisotopic (exact) mass is 334 g/mol. The van der Waals surface area contributed by atoms with E-state index in [9.17, 15) is 0 Å². The van der Waals surface area contributed by atoms with Crippen LogP contribution >= 0.6 is 11.6 Å². The van der Waals surface area contributed by atoms with E-state index in [1.54, 1.807) is 16.7 Å². The lowest BCUT2D eigenvalue weighted by Gasteiger charge is -2.38. The van der Waals surface area contributed by atoms with Gasteiger partial charge in [0.15, 0.2) is 0 Å². The summed E-state index contributed by atoms with van der Waals surface area (Å²) in [7, 11) is 0. The highest BCUT2D eigenvalue weighted by Gasteiger charge is 2.53. The van der Waals surface area contributed by atoms with Gasteiger partial charge in [0.2, 0.25) is 0 Å². The maximum atomic E-state index is 6.42. The van der Waals surface area contributed by atoms with Crippen molar-refractivity contribution in [1.29, 1.82) is 0 Å². The van der Waals surface area contributed by atoms with Crippen molar-refractivity contribution in [3.05, 3.63) is 69.7 Å². The van der Waals surface area contributed by atoms with Crippen LogP contribution in [0.1, 0.15) is 68.2 Å². The largest absolute Gasteiger partial charge is 0.0843 e. The Kier molecular flexibility index (Phi) is 2.93. The average Bonchev–Trinajstić information content (AvgIpc) is 2.99. The molecule has 1 heteroatoms. The van der Waals surface area contributed by atoms with Crippen molar-refractivity contribution in [3.63, 3.8) is 0 Å². The molecule has 0 nitrogen and oxygen atoms in total. The summed E-state index contributed by atoms with van der Waals surface area (Å²) in [6.07, 6.45) is 6.61. The number of rotatable bonds is 0. The van der Waals surface area contributed by atoms with Crippen molar-refractivity contribution in [2.45, 2.75) is 56.8 Å². The molecule has 2 aromatic carbocycles. The van der Waals surface area contributed by atoms with Crippen LogP contribution in [0.4, 0.5) is 0 Å². The topological polar surface area (TPSA) is 0 Å². The summed E-state index contributed by atoms with van der Waals surface area (Å²) in [5.74, 6) is 0. The molecule has 0 radical (unpaired) electrons. The normalized spacial score (nSPS) is 22.5. The highest BCUT2D eigenvalue weighted by atomic mass is 35.5. The molecule has 122 valence electrons. The van der Waals surface area contributed by atoms with Crippen LogP contribution in [0.3, 0.4) is 0 Å². The van der Waals surface area contributed by atoms with Gasteiger partial charge in [0.1, 0.15) is 0 Å². The van der Waals surface area contributed by atoms with Gasteiger partial charge in [0.25, 0.3) is 0 Å². The van der Waals surface area contributed by atoms with E-state index in [-0.39, 0.29) is 10.8 Å². The van der Waals surface area contributed by atoms with Gasteiger partial charge in [-0.2, -0.15) is 0 Å². The Morgan fingerprint density at radius 1 is 0.792 bits per heavy atom. The van der Waals surface area contributed by atoms with E-state index in [4.69, 9.17) is 11.6 Å². The number of allylic oxidation sites excluding steroid dienone is 2. The van der Waals surface area contributed by atoms with Crippen molar-refractivity contribution < 1.29 is 0 Å². The molecule has 3 aliphatic carbocycles. The number of halogens is 1. The Morgan fingerprint density at radius 2 is 1.54 bits per heavy atom. The third kappa shape index (κ3) is 1.66. The first-order valence-corrected chi connectivity index (χ1v) is 9.59. The Morgan fingerprint density at radius 3 is 2.33 bits per heavy atom. The van der Waals surface area contributed by atoms with Gasteiger partial charge in [0.05, 0.1) is 0 Å². The molecule has 1 fully saturated rings. The quantitative estimate of drug-likeness (QED) is 0.499. The van der Waals surface area contributed by atoms with E-state index in [0.29, 0.717) is 0 Å². The molecule has 0 amide bonds. The van der Waals surface area contributed by atoms with Crippen LogP contribution < -0.4 is 0 Å². The van der Waals surface area contributed by atoms with Gasteiger partial charge in [-0.25, -0.2) is 0 Å². The van der Waals surface area contributed by atoms with E-state index in [0.717, 1.165) is 5.02 Å². The molecular weight excluding hydrogens is 312 g/mol. The fourth-order valence-corrected chi connectivity index (χ4v) is 5.92. The highest BCUT2D eigenvalue weighted by molar-refractivity contribution is 6.31. The third-order valence-corrected chi connectivity index (χ3v) is 6.93. The van der Waals surface area contributed by atoms with Gasteiger partial charge < -0.3 is 0 Å². The second kappa shape index (κ2) is 4.76. The van der Waals surface area contributed by atoms with Crippen molar-refractivity contribution in [2.75, 3.05) is 0 Å².